The van der Waals surface area contributed by atoms with Crippen LogP contribution in [0, 0.1) is 0 Å². The number of carbonyl (C=O) groups is 1. The molecular formula is C14H19NOS. The Balaban J connectivity index is 1.99. The van der Waals surface area contributed by atoms with E-state index in [1.165, 1.54) is 24.2 Å². The van der Waals surface area contributed by atoms with Crippen LogP contribution in [0.5, 0.6) is 0 Å². The molecule has 3 heteroatoms. The summed E-state index contributed by atoms with van der Waals surface area (Å²) in [4.78, 5) is 12.5. The summed E-state index contributed by atoms with van der Waals surface area (Å²) >= 11 is 1.90. The van der Waals surface area contributed by atoms with E-state index >= 15 is 0 Å². The molecule has 0 saturated heterocycles. The molecule has 0 spiro atoms. The van der Waals surface area contributed by atoms with E-state index in [1.807, 2.05) is 17.8 Å². The molecule has 17 heavy (non-hydrogen) atoms. The maximum atomic E-state index is 11.2. The molecule has 1 aromatic rings. The first-order valence-electron chi connectivity index (χ1n) is 6.24. The second-order valence-electron chi connectivity index (χ2n) is 4.56. The van der Waals surface area contributed by atoms with Crippen molar-refractivity contribution >= 4 is 17.7 Å². The second-order valence-corrected chi connectivity index (χ2v) is 5.87. The molecular weight excluding hydrogens is 230 g/mol. The van der Waals surface area contributed by atoms with Crippen LogP contribution < -0.4 is 5.32 Å². The fourth-order valence-electron chi connectivity index (χ4n) is 2.34. The van der Waals surface area contributed by atoms with E-state index in [-0.39, 0.29) is 5.91 Å². The lowest BCUT2D eigenvalue weighted by atomic mass is 9.95. The molecule has 1 N–H and O–H groups in total. The third kappa shape index (κ3) is 3.77. The lowest BCUT2D eigenvalue weighted by Crippen LogP contribution is -2.42. The van der Waals surface area contributed by atoms with E-state index in [0.29, 0.717) is 11.3 Å². The third-order valence-electron chi connectivity index (χ3n) is 3.12. The topological polar surface area (TPSA) is 29.1 Å². The van der Waals surface area contributed by atoms with Gasteiger partial charge in [-0.3, -0.25) is 4.79 Å². The minimum Gasteiger partial charge on any atom is -0.352 e. The van der Waals surface area contributed by atoms with Gasteiger partial charge in [0, 0.05) is 23.1 Å². The van der Waals surface area contributed by atoms with Gasteiger partial charge in [-0.05, 0) is 25.0 Å². The Hall–Kier alpha value is -0.960. The van der Waals surface area contributed by atoms with Crippen LogP contribution in [0.15, 0.2) is 35.2 Å². The van der Waals surface area contributed by atoms with E-state index in [9.17, 15) is 4.79 Å². The molecule has 2 nitrogen and oxygen atoms in total. The molecule has 1 fully saturated rings. The highest BCUT2D eigenvalue weighted by Gasteiger charge is 2.26. The first-order chi connectivity index (χ1) is 8.25. The number of thioether (sulfide) groups is 1. The van der Waals surface area contributed by atoms with Crippen molar-refractivity contribution in [2.24, 2.45) is 0 Å². The van der Waals surface area contributed by atoms with Crippen molar-refractivity contribution in [3.63, 3.8) is 0 Å². The van der Waals surface area contributed by atoms with Crippen LogP contribution in [-0.4, -0.2) is 17.2 Å². The first-order valence-corrected chi connectivity index (χ1v) is 7.12. The number of hydrogen-bond acceptors (Lipinski definition) is 2. The molecule has 2 atom stereocenters. The monoisotopic (exact) mass is 249 g/mol. The molecule has 1 aromatic carbocycles. The van der Waals surface area contributed by atoms with Gasteiger partial charge in [0.05, 0.1) is 0 Å². The van der Waals surface area contributed by atoms with Crippen LogP contribution in [0.1, 0.15) is 32.6 Å². The average Bonchev–Trinajstić information content (AvgIpc) is 2.32. The summed E-state index contributed by atoms with van der Waals surface area (Å²) < 4.78 is 0. The number of nitrogens with one attached hydrogen (secondary N) is 1. The number of rotatable bonds is 3. The third-order valence-corrected chi connectivity index (χ3v) is 4.53. The molecule has 2 unspecified atom stereocenters. The van der Waals surface area contributed by atoms with E-state index in [0.717, 1.165) is 6.42 Å². The van der Waals surface area contributed by atoms with Gasteiger partial charge in [-0.2, -0.15) is 0 Å². The minimum atomic E-state index is 0.0931. The maximum Gasteiger partial charge on any atom is 0.217 e. The average molecular weight is 249 g/mol. The fourth-order valence-corrected chi connectivity index (χ4v) is 3.65. The summed E-state index contributed by atoms with van der Waals surface area (Å²) in [5.41, 5.74) is 0. The lowest BCUT2D eigenvalue weighted by molar-refractivity contribution is -0.119. The van der Waals surface area contributed by atoms with Crippen molar-refractivity contribution in [3.8, 4) is 0 Å². The molecule has 0 aromatic heterocycles. The van der Waals surface area contributed by atoms with Gasteiger partial charge in [-0.15, -0.1) is 11.8 Å². The zero-order valence-electron chi connectivity index (χ0n) is 10.2. The zero-order chi connectivity index (χ0) is 12.1. The highest BCUT2D eigenvalue weighted by molar-refractivity contribution is 8.00. The van der Waals surface area contributed by atoms with Gasteiger partial charge >= 0.3 is 0 Å². The Morgan fingerprint density at radius 2 is 1.94 bits per heavy atom. The minimum absolute atomic E-state index is 0.0931. The van der Waals surface area contributed by atoms with E-state index in [4.69, 9.17) is 0 Å². The molecule has 0 heterocycles. The summed E-state index contributed by atoms with van der Waals surface area (Å²) in [6.45, 7) is 1.61. The van der Waals surface area contributed by atoms with Crippen molar-refractivity contribution in [1.29, 1.82) is 0 Å². The Morgan fingerprint density at radius 1 is 1.24 bits per heavy atom. The summed E-state index contributed by atoms with van der Waals surface area (Å²) in [6.07, 6.45) is 4.83. The SMILES string of the molecule is CC(=O)NC1CCCCC1Sc1ccccc1. The Kier molecular flexibility index (Phi) is 4.49. The van der Waals surface area contributed by atoms with Crippen molar-refractivity contribution in [3.05, 3.63) is 30.3 Å². The summed E-state index contributed by atoms with van der Waals surface area (Å²) in [6, 6.07) is 10.8. The summed E-state index contributed by atoms with van der Waals surface area (Å²) in [5.74, 6) is 0.0931. The number of carbonyl (C=O) groups excluding carboxylic acids is 1. The predicted octanol–water partition coefficient (Wildman–Crippen LogP) is 3.23. The van der Waals surface area contributed by atoms with Gasteiger partial charge in [0.1, 0.15) is 0 Å². The van der Waals surface area contributed by atoms with Crippen molar-refractivity contribution in [2.45, 2.75) is 48.8 Å². The zero-order valence-corrected chi connectivity index (χ0v) is 11.0. The fraction of sp³-hybridized carbons (Fsp3) is 0.500. The molecule has 0 bridgehead atoms. The summed E-state index contributed by atoms with van der Waals surface area (Å²) in [5, 5.41) is 3.62. The normalized spacial score (nSPS) is 24.3. The highest BCUT2D eigenvalue weighted by atomic mass is 32.2. The van der Waals surface area contributed by atoms with Gasteiger partial charge in [-0.25, -0.2) is 0 Å². The van der Waals surface area contributed by atoms with Gasteiger partial charge in [0.2, 0.25) is 5.91 Å². The molecule has 1 amide bonds. The second kappa shape index (κ2) is 6.10. The maximum absolute atomic E-state index is 11.2. The number of hydrogen-bond donors (Lipinski definition) is 1. The van der Waals surface area contributed by atoms with Crippen molar-refractivity contribution in [2.75, 3.05) is 0 Å². The molecule has 92 valence electrons. The van der Waals surface area contributed by atoms with E-state index < -0.39 is 0 Å². The van der Waals surface area contributed by atoms with Crippen LogP contribution >= 0.6 is 11.8 Å². The Morgan fingerprint density at radius 3 is 2.65 bits per heavy atom. The van der Waals surface area contributed by atoms with Gasteiger partial charge in [-0.1, -0.05) is 31.0 Å². The molecule has 2 rings (SSSR count). The van der Waals surface area contributed by atoms with Crippen molar-refractivity contribution in [1.82, 2.24) is 5.32 Å². The van der Waals surface area contributed by atoms with Gasteiger partial charge < -0.3 is 5.32 Å². The smallest absolute Gasteiger partial charge is 0.217 e. The van der Waals surface area contributed by atoms with Gasteiger partial charge in [0.15, 0.2) is 0 Å². The first kappa shape index (κ1) is 12.5. The Labute approximate surface area is 107 Å². The van der Waals surface area contributed by atoms with Crippen LogP contribution in [0.3, 0.4) is 0 Å². The van der Waals surface area contributed by atoms with Crippen LogP contribution in [0.2, 0.25) is 0 Å². The standard InChI is InChI=1S/C14H19NOS/c1-11(16)15-13-9-5-6-10-14(13)17-12-7-3-2-4-8-12/h2-4,7-8,13-14H,5-6,9-10H2,1H3,(H,15,16). The molecule has 0 radical (unpaired) electrons. The van der Waals surface area contributed by atoms with E-state index in [2.05, 4.69) is 29.6 Å². The van der Waals surface area contributed by atoms with Crippen molar-refractivity contribution < 1.29 is 4.79 Å². The largest absolute Gasteiger partial charge is 0.352 e. The molecule has 1 saturated carbocycles. The Bertz CT molecular complexity index is 366. The molecule has 1 aliphatic rings. The van der Waals surface area contributed by atoms with Crippen LogP contribution in [0.4, 0.5) is 0 Å². The summed E-state index contributed by atoms with van der Waals surface area (Å²) in [7, 11) is 0. The predicted molar refractivity (Wildman–Crippen MR) is 72.2 cm³/mol. The van der Waals surface area contributed by atoms with Gasteiger partial charge in [0.25, 0.3) is 0 Å². The number of amides is 1. The highest BCUT2D eigenvalue weighted by Crippen LogP contribution is 2.33. The number of benzene rings is 1. The van der Waals surface area contributed by atoms with E-state index in [1.54, 1.807) is 6.92 Å². The quantitative estimate of drug-likeness (QED) is 0.891. The molecule has 1 aliphatic carbocycles. The molecule has 0 aliphatic heterocycles. The van der Waals surface area contributed by atoms with Crippen LogP contribution in [-0.2, 0) is 4.79 Å². The lowest BCUT2D eigenvalue weighted by Gasteiger charge is -2.31. The van der Waals surface area contributed by atoms with Crippen LogP contribution in [0.25, 0.3) is 0 Å².